The fourth-order valence-corrected chi connectivity index (χ4v) is 3.52. The Morgan fingerprint density at radius 1 is 1.19 bits per heavy atom. The third kappa shape index (κ3) is 4.36. The second-order valence-electron chi connectivity index (χ2n) is 6.86. The average Bonchev–Trinajstić information content (AvgIpc) is 3.42. The number of carbonyl (C=O) groups excluding carboxylic acids is 1. The lowest BCUT2D eigenvalue weighted by molar-refractivity contribution is -0.120. The van der Waals surface area contributed by atoms with Crippen molar-refractivity contribution in [1.29, 1.82) is 0 Å². The predicted octanol–water partition coefficient (Wildman–Crippen LogP) is 2.12. The smallest absolute Gasteiger partial charge is 0.253 e. The number of aromatic amines is 1. The first-order chi connectivity index (χ1) is 15.0. The van der Waals surface area contributed by atoms with Gasteiger partial charge in [-0.3, -0.25) is 9.89 Å². The highest BCUT2D eigenvalue weighted by molar-refractivity contribution is 7.98. The van der Waals surface area contributed by atoms with E-state index in [2.05, 4.69) is 35.6 Å². The molecule has 4 aromatic rings. The Hall–Kier alpha value is -3.47. The molecule has 31 heavy (non-hydrogen) atoms. The van der Waals surface area contributed by atoms with Gasteiger partial charge in [-0.25, -0.2) is 14.5 Å². The van der Waals surface area contributed by atoms with Crippen molar-refractivity contribution < 1.29 is 9.53 Å². The number of amides is 1. The fourth-order valence-electron chi connectivity index (χ4n) is 3.18. The van der Waals surface area contributed by atoms with Crippen LogP contribution in [-0.2, 0) is 17.8 Å². The molecule has 0 fully saturated rings. The van der Waals surface area contributed by atoms with Crippen LogP contribution in [0.25, 0.3) is 17.2 Å². The molecule has 0 saturated carbocycles. The van der Waals surface area contributed by atoms with Gasteiger partial charge in [0, 0.05) is 22.5 Å². The van der Waals surface area contributed by atoms with Crippen molar-refractivity contribution in [2.75, 3.05) is 13.4 Å². The van der Waals surface area contributed by atoms with E-state index in [1.807, 2.05) is 44.4 Å². The third-order valence-electron chi connectivity index (χ3n) is 4.88. The molecular formula is C20H22N8O2S. The van der Waals surface area contributed by atoms with Crippen LogP contribution in [0, 0.1) is 13.8 Å². The van der Waals surface area contributed by atoms with Crippen LogP contribution >= 0.6 is 11.8 Å². The number of hydrogen-bond acceptors (Lipinski definition) is 8. The summed E-state index contributed by atoms with van der Waals surface area (Å²) in [6.45, 7) is 4.04. The van der Waals surface area contributed by atoms with Gasteiger partial charge in [-0.05, 0) is 44.4 Å². The maximum absolute atomic E-state index is 12.6. The van der Waals surface area contributed by atoms with Gasteiger partial charge in [-0.15, -0.1) is 5.10 Å². The number of fused-ring (bicyclic) bond motifs is 1. The van der Waals surface area contributed by atoms with Gasteiger partial charge in [-0.2, -0.15) is 10.1 Å². The van der Waals surface area contributed by atoms with Crippen LogP contribution in [0.5, 0.6) is 5.75 Å². The first kappa shape index (κ1) is 20.8. The molecule has 10 nitrogen and oxygen atoms in total. The van der Waals surface area contributed by atoms with Crippen LogP contribution in [0.15, 0.2) is 29.4 Å². The maximum Gasteiger partial charge on any atom is 0.253 e. The summed E-state index contributed by atoms with van der Waals surface area (Å²) in [6, 6.07) is 7.46. The number of aromatic nitrogens is 7. The highest BCUT2D eigenvalue weighted by atomic mass is 32.2. The highest BCUT2D eigenvalue weighted by Gasteiger charge is 2.16. The molecule has 4 rings (SSSR count). The molecule has 2 N–H and O–H groups in total. The molecule has 0 atom stereocenters. The van der Waals surface area contributed by atoms with Gasteiger partial charge in [0.1, 0.15) is 11.6 Å². The monoisotopic (exact) mass is 438 g/mol. The molecule has 0 spiro atoms. The number of ether oxygens (including phenoxy) is 1. The number of thioether (sulfide) groups is 1. The zero-order valence-corrected chi connectivity index (χ0v) is 18.4. The molecule has 3 heterocycles. The lowest BCUT2D eigenvalue weighted by Crippen LogP contribution is -2.26. The van der Waals surface area contributed by atoms with E-state index in [0.717, 1.165) is 28.3 Å². The van der Waals surface area contributed by atoms with Gasteiger partial charge in [0.2, 0.25) is 11.1 Å². The van der Waals surface area contributed by atoms with Crippen LogP contribution in [-0.4, -0.2) is 54.0 Å². The van der Waals surface area contributed by atoms with Gasteiger partial charge < -0.3 is 10.1 Å². The first-order valence-electron chi connectivity index (χ1n) is 9.57. The van der Waals surface area contributed by atoms with E-state index in [0.29, 0.717) is 22.6 Å². The van der Waals surface area contributed by atoms with E-state index in [1.54, 1.807) is 11.6 Å². The molecule has 0 aliphatic rings. The van der Waals surface area contributed by atoms with Gasteiger partial charge in [0.25, 0.3) is 5.78 Å². The lowest BCUT2D eigenvalue weighted by Gasteiger charge is -2.10. The normalized spacial score (nSPS) is 11.1. The average molecular weight is 439 g/mol. The topological polar surface area (TPSA) is 123 Å². The quantitative estimate of drug-likeness (QED) is 0.421. The summed E-state index contributed by atoms with van der Waals surface area (Å²) in [5.74, 6) is 2.29. The number of hydrogen-bond donors (Lipinski definition) is 2. The SMILES string of the molecule is COc1ccc(-c2n[nH]c(CNC(=O)Cc3c(C)nc4nc(SC)nn4c3C)n2)cc1. The van der Waals surface area contributed by atoms with E-state index in [-0.39, 0.29) is 18.9 Å². The largest absolute Gasteiger partial charge is 0.497 e. The van der Waals surface area contributed by atoms with E-state index >= 15 is 0 Å². The standard InChI is InChI=1S/C20H22N8O2S/c1-11-15(12(2)28-19(22-11)24-20(27-28)31-4)9-17(29)21-10-16-23-18(26-25-16)13-5-7-14(30-3)8-6-13/h5-8H,9-10H2,1-4H3,(H,21,29)(H,23,25,26). The minimum atomic E-state index is -0.139. The molecule has 0 aliphatic heterocycles. The summed E-state index contributed by atoms with van der Waals surface area (Å²) < 4.78 is 6.84. The maximum atomic E-state index is 12.6. The number of nitrogens with zero attached hydrogens (tertiary/aromatic N) is 6. The Kier molecular flexibility index (Phi) is 5.85. The third-order valence-corrected chi connectivity index (χ3v) is 5.42. The van der Waals surface area contributed by atoms with Crippen molar-refractivity contribution in [3.05, 3.63) is 47.0 Å². The van der Waals surface area contributed by atoms with E-state index in [9.17, 15) is 4.79 Å². The van der Waals surface area contributed by atoms with Crippen molar-refractivity contribution in [2.24, 2.45) is 0 Å². The second kappa shape index (κ2) is 8.72. The minimum absolute atomic E-state index is 0.139. The summed E-state index contributed by atoms with van der Waals surface area (Å²) in [6.07, 6.45) is 2.10. The summed E-state index contributed by atoms with van der Waals surface area (Å²) in [5.41, 5.74) is 3.31. The number of rotatable bonds is 7. The van der Waals surface area contributed by atoms with Crippen molar-refractivity contribution in [3.63, 3.8) is 0 Å². The zero-order valence-electron chi connectivity index (χ0n) is 17.6. The van der Waals surface area contributed by atoms with Gasteiger partial charge >= 0.3 is 0 Å². The highest BCUT2D eigenvalue weighted by Crippen LogP contribution is 2.19. The number of carbonyl (C=O) groups is 1. The lowest BCUT2D eigenvalue weighted by atomic mass is 10.1. The molecule has 11 heteroatoms. The van der Waals surface area contributed by atoms with Crippen molar-refractivity contribution in [1.82, 2.24) is 40.1 Å². The van der Waals surface area contributed by atoms with E-state index < -0.39 is 0 Å². The number of aryl methyl sites for hydroxylation is 2. The minimum Gasteiger partial charge on any atom is -0.497 e. The molecule has 160 valence electrons. The number of H-pyrrole nitrogens is 1. The van der Waals surface area contributed by atoms with Crippen molar-refractivity contribution in [2.45, 2.75) is 32.0 Å². The van der Waals surface area contributed by atoms with Crippen molar-refractivity contribution in [3.8, 4) is 17.1 Å². The second-order valence-corrected chi connectivity index (χ2v) is 7.63. The van der Waals surface area contributed by atoms with Gasteiger partial charge in [0.15, 0.2) is 5.82 Å². The molecule has 1 aromatic carbocycles. The molecule has 0 bridgehead atoms. The number of nitrogens with one attached hydrogen (secondary N) is 2. The van der Waals surface area contributed by atoms with Crippen LogP contribution in [0.4, 0.5) is 0 Å². The van der Waals surface area contributed by atoms with Gasteiger partial charge in [0.05, 0.1) is 20.1 Å². The molecule has 0 saturated heterocycles. The van der Waals surface area contributed by atoms with Crippen LogP contribution in [0.2, 0.25) is 0 Å². The zero-order chi connectivity index (χ0) is 22.0. The van der Waals surface area contributed by atoms with E-state index in [4.69, 9.17) is 4.74 Å². The molecule has 0 aliphatic carbocycles. The molecule has 0 unspecified atom stereocenters. The Bertz CT molecular complexity index is 1230. The molecule has 1 amide bonds. The predicted molar refractivity (Wildman–Crippen MR) is 116 cm³/mol. The molecule has 3 aromatic heterocycles. The van der Waals surface area contributed by atoms with Crippen LogP contribution in [0.1, 0.15) is 22.8 Å². The van der Waals surface area contributed by atoms with Gasteiger partial charge in [-0.1, -0.05) is 11.8 Å². The molecular weight excluding hydrogens is 416 g/mol. The summed E-state index contributed by atoms with van der Waals surface area (Å²) >= 11 is 1.45. The Labute approximate surface area is 182 Å². The first-order valence-corrected chi connectivity index (χ1v) is 10.8. The summed E-state index contributed by atoms with van der Waals surface area (Å²) in [5, 5.41) is 15.0. The Morgan fingerprint density at radius 3 is 2.68 bits per heavy atom. The Morgan fingerprint density at radius 2 is 1.97 bits per heavy atom. The fraction of sp³-hybridized carbons (Fsp3) is 0.300. The van der Waals surface area contributed by atoms with Crippen molar-refractivity contribution >= 4 is 23.4 Å². The number of benzene rings is 1. The summed E-state index contributed by atoms with van der Waals surface area (Å²) in [4.78, 5) is 25.9. The van der Waals surface area contributed by atoms with Crippen LogP contribution < -0.4 is 10.1 Å². The van der Waals surface area contributed by atoms with E-state index in [1.165, 1.54) is 11.8 Å². The molecule has 0 radical (unpaired) electrons. The van der Waals surface area contributed by atoms with Crippen LogP contribution in [0.3, 0.4) is 0 Å². The summed E-state index contributed by atoms with van der Waals surface area (Å²) in [7, 11) is 1.62. The Balaban J connectivity index is 1.42. The number of methoxy groups -OCH3 is 1.